The second kappa shape index (κ2) is 3.83. The Hall–Kier alpha value is -0.370. The third-order valence-corrected chi connectivity index (χ3v) is 4.67. The van der Waals surface area contributed by atoms with E-state index >= 15 is 0 Å². The lowest BCUT2D eigenvalue weighted by Gasteiger charge is -2.33. The van der Waals surface area contributed by atoms with Gasteiger partial charge in [-0.25, -0.2) is 0 Å². The molecule has 16 heavy (non-hydrogen) atoms. The van der Waals surface area contributed by atoms with Gasteiger partial charge in [0.15, 0.2) is 0 Å². The molecule has 2 rings (SSSR count). The summed E-state index contributed by atoms with van der Waals surface area (Å²) in [7, 11) is 0. The van der Waals surface area contributed by atoms with Gasteiger partial charge < -0.3 is 0 Å². The third-order valence-electron chi connectivity index (χ3n) is 4.67. The first kappa shape index (κ1) is 12.1. The van der Waals surface area contributed by atoms with Crippen LogP contribution in [0.25, 0.3) is 0 Å². The van der Waals surface area contributed by atoms with Crippen molar-refractivity contribution in [2.24, 2.45) is 11.3 Å². The number of carbonyl (C=O) groups excluding carboxylic acids is 1. The molecule has 1 heterocycles. The van der Waals surface area contributed by atoms with E-state index in [0.29, 0.717) is 17.2 Å². The van der Waals surface area contributed by atoms with Crippen LogP contribution in [0, 0.1) is 11.3 Å². The molecule has 1 atom stereocenters. The molecule has 2 nitrogen and oxygen atoms in total. The van der Waals surface area contributed by atoms with Crippen LogP contribution in [0.5, 0.6) is 0 Å². The highest BCUT2D eigenvalue weighted by Crippen LogP contribution is 2.39. The highest BCUT2D eigenvalue weighted by Gasteiger charge is 2.43. The van der Waals surface area contributed by atoms with Gasteiger partial charge in [0.2, 0.25) is 0 Å². The van der Waals surface area contributed by atoms with E-state index in [1.54, 1.807) is 0 Å². The Morgan fingerprint density at radius 3 is 2.38 bits per heavy atom. The highest BCUT2D eigenvalue weighted by atomic mass is 16.1. The van der Waals surface area contributed by atoms with Crippen LogP contribution < -0.4 is 0 Å². The largest absolute Gasteiger partial charge is 0.299 e. The average Bonchev–Trinajstić information content (AvgIpc) is 2.62. The van der Waals surface area contributed by atoms with Crippen LogP contribution in [0.3, 0.4) is 0 Å². The van der Waals surface area contributed by atoms with E-state index in [1.165, 1.54) is 19.4 Å². The van der Waals surface area contributed by atoms with Gasteiger partial charge in [0.05, 0.1) is 0 Å². The number of nitrogens with zero attached hydrogens (tertiary/aromatic N) is 1. The standard InChI is InChI=1S/C14H25NO/c1-13(2)8-6-11(12(13)16)10-15-9-5-7-14(15,3)4/h11H,5-10H2,1-4H3. The normalized spacial score (nSPS) is 33.5. The number of hydrogen-bond acceptors (Lipinski definition) is 2. The lowest BCUT2D eigenvalue weighted by molar-refractivity contribution is -0.128. The maximum Gasteiger partial charge on any atom is 0.142 e. The van der Waals surface area contributed by atoms with Crippen molar-refractivity contribution in [3.8, 4) is 0 Å². The molecule has 0 N–H and O–H groups in total. The van der Waals surface area contributed by atoms with Crippen molar-refractivity contribution in [3.05, 3.63) is 0 Å². The molecule has 2 aliphatic rings. The van der Waals surface area contributed by atoms with Crippen molar-refractivity contribution >= 4 is 5.78 Å². The van der Waals surface area contributed by atoms with Gasteiger partial charge in [-0.2, -0.15) is 0 Å². The van der Waals surface area contributed by atoms with E-state index in [2.05, 4.69) is 32.6 Å². The lowest BCUT2D eigenvalue weighted by atomic mass is 9.88. The smallest absolute Gasteiger partial charge is 0.142 e. The van der Waals surface area contributed by atoms with Gasteiger partial charge in [0, 0.05) is 23.4 Å². The molecule has 0 aromatic rings. The van der Waals surface area contributed by atoms with E-state index in [0.717, 1.165) is 19.4 Å². The van der Waals surface area contributed by atoms with Crippen LogP contribution in [0.2, 0.25) is 0 Å². The zero-order valence-corrected chi connectivity index (χ0v) is 11.2. The van der Waals surface area contributed by atoms with E-state index in [4.69, 9.17) is 0 Å². The molecule has 0 amide bonds. The van der Waals surface area contributed by atoms with E-state index in [-0.39, 0.29) is 5.41 Å². The molecule has 0 radical (unpaired) electrons. The van der Waals surface area contributed by atoms with Gasteiger partial charge >= 0.3 is 0 Å². The van der Waals surface area contributed by atoms with Gasteiger partial charge in [0.25, 0.3) is 0 Å². The topological polar surface area (TPSA) is 20.3 Å². The second-order valence-corrected chi connectivity index (χ2v) is 6.85. The van der Waals surface area contributed by atoms with Crippen LogP contribution >= 0.6 is 0 Å². The molecule has 1 saturated heterocycles. The molecule has 1 saturated carbocycles. The molecule has 1 unspecified atom stereocenters. The van der Waals surface area contributed by atoms with Crippen molar-refractivity contribution in [2.45, 2.75) is 58.9 Å². The van der Waals surface area contributed by atoms with Crippen LogP contribution in [0.15, 0.2) is 0 Å². The van der Waals surface area contributed by atoms with Gasteiger partial charge in [-0.05, 0) is 46.1 Å². The van der Waals surface area contributed by atoms with E-state index < -0.39 is 0 Å². The zero-order chi connectivity index (χ0) is 12.0. The fourth-order valence-corrected chi connectivity index (χ4v) is 3.28. The number of ketones is 1. The third kappa shape index (κ3) is 2.04. The Labute approximate surface area is 99.4 Å². The summed E-state index contributed by atoms with van der Waals surface area (Å²) in [6.07, 6.45) is 4.73. The monoisotopic (exact) mass is 223 g/mol. The molecule has 0 aromatic carbocycles. The minimum Gasteiger partial charge on any atom is -0.299 e. The zero-order valence-electron chi connectivity index (χ0n) is 11.2. The Bertz CT molecular complexity index is 293. The fraction of sp³-hybridized carbons (Fsp3) is 0.929. The molecule has 0 bridgehead atoms. The van der Waals surface area contributed by atoms with Crippen molar-refractivity contribution in [1.29, 1.82) is 0 Å². The van der Waals surface area contributed by atoms with Crippen LogP contribution in [-0.2, 0) is 4.79 Å². The van der Waals surface area contributed by atoms with Crippen LogP contribution in [0.1, 0.15) is 53.4 Å². The van der Waals surface area contributed by atoms with Crippen molar-refractivity contribution < 1.29 is 4.79 Å². The Morgan fingerprint density at radius 1 is 1.25 bits per heavy atom. The summed E-state index contributed by atoms with van der Waals surface area (Å²) in [4.78, 5) is 14.7. The Morgan fingerprint density at radius 2 is 1.94 bits per heavy atom. The van der Waals surface area contributed by atoms with Gasteiger partial charge in [-0.15, -0.1) is 0 Å². The number of rotatable bonds is 2. The molecule has 1 aliphatic carbocycles. The van der Waals surface area contributed by atoms with E-state index in [1.807, 2.05) is 0 Å². The summed E-state index contributed by atoms with van der Waals surface area (Å²) in [5, 5.41) is 0. The van der Waals surface area contributed by atoms with Crippen molar-refractivity contribution in [2.75, 3.05) is 13.1 Å². The maximum absolute atomic E-state index is 12.2. The summed E-state index contributed by atoms with van der Waals surface area (Å²) >= 11 is 0. The molecular formula is C14H25NO. The van der Waals surface area contributed by atoms with E-state index in [9.17, 15) is 4.79 Å². The molecule has 1 aliphatic heterocycles. The summed E-state index contributed by atoms with van der Waals surface area (Å²) in [5.74, 6) is 0.794. The number of carbonyl (C=O) groups is 1. The Kier molecular flexibility index (Phi) is 2.90. The first-order chi connectivity index (χ1) is 7.33. The summed E-state index contributed by atoms with van der Waals surface area (Å²) in [6, 6.07) is 0. The summed E-state index contributed by atoms with van der Waals surface area (Å²) in [5.41, 5.74) is 0.252. The molecule has 2 heteroatoms. The van der Waals surface area contributed by atoms with Crippen LogP contribution in [0.4, 0.5) is 0 Å². The summed E-state index contributed by atoms with van der Waals surface area (Å²) < 4.78 is 0. The highest BCUT2D eigenvalue weighted by molar-refractivity contribution is 5.88. The molecule has 0 spiro atoms. The first-order valence-corrected chi connectivity index (χ1v) is 6.62. The molecule has 0 aromatic heterocycles. The predicted octanol–water partition coefficient (Wildman–Crippen LogP) is 2.87. The minimum absolute atomic E-state index is 0.0610. The second-order valence-electron chi connectivity index (χ2n) is 6.85. The molecule has 92 valence electrons. The minimum atomic E-state index is -0.0610. The van der Waals surface area contributed by atoms with Gasteiger partial charge in [0.1, 0.15) is 5.78 Å². The van der Waals surface area contributed by atoms with Crippen molar-refractivity contribution in [1.82, 2.24) is 4.90 Å². The SMILES string of the molecule is CC1(C)CCC(CN2CCCC2(C)C)C1=O. The lowest BCUT2D eigenvalue weighted by Crippen LogP contribution is -2.42. The number of likely N-dealkylation sites (tertiary alicyclic amines) is 1. The number of Topliss-reactive ketones (excluding diaryl/α,β-unsaturated/α-hetero) is 1. The first-order valence-electron chi connectivity index (χ1n) is 6.62. The Balaban J connectivity index is 1.99. The molecular weight excluding hydrogens is 198 g/mol. The van der Waals surface area contributed by atoms with Gasteiger partial charge in [-0.1, -0.05) is 13.8 Å². The maximum atomic E-state index is 12.2. The quantitative estimate of drug-likeness (QED) is 0.717. The number of hydrogen-bond donors (Lipinski definition) is 0. The molecule has 2 fully saturated rings. The predicted molar refractivity (Wildman–Crippen MR) is 66.4 cm³/mol. The fourth-order valence-electron chi connectivity index (χ4n) is 3.28. The van der Waals surface area contributed by atoms with Crippen molar-refractivity contribution in [3.63, 3.8) is 0 Å². The van der Waals surface area contributed by atoms with Gasteiger partial charge in [-0.3, -0.25) is 9.69 Å². The summed E-state index contributed by atoms with van der Waals surface area (Å²) in [6.45, 7) is 11.0. The van der Waals surface area contributed by atoms with Crippen LogP contribution in [-0.4, -0.2) is 29.3 Å². The average molecular weight is 223 g/mol.